The van der Waals surface area contributed by atoms with Crippen LogP contribution in [-0.4, -0.2) is 53.3 Å². The molecule has 1 aliphatic heterocycles. The lowest BCUT2D eigenvalue weighted by atomic mass is 9.98. The molecule has 1 aliphatic rings. The van der Waals surface area contributed by atoms with Crippen LogP contribution in [0.15, 0.2) is 58.3 Å². The van der Waals surface area contributed by atoms with Gasteiger partial charge in [0.1, 0.15) is 10.7 Å². The van der Waals surface area contributed by atoms with Crippen molar-refractivity contribution in [3.8, 4) is 0 Å². The van der Waals surface area contributed by atoms with Crippen LogP contribution in [0.25, 0.3) is 0 Å². The molecule has 0 radical (unpaired) electrons. The van der Waals surface area contributed by atoms with Gasteiger partial charge in [-0.1, -0.05) is 23.7 Å². The number of aliphatic hydroxyl groups excluding tert-OH is 1. The van der Waals surface area contributed by atoms with Gasteiger partial charge >= 0.3 is 0 Å². The van der Waals surface area contributed by atoms with Crippen LogP contribution in [0.3, 0.4) is 0 Å². The number of aliphatic hydroxyl groups is 1. The third-order valence-corrected chi connectivity index (χ3v) is 8.58. The van der Waals surface area contributed by atoms with Crippen molar-refractivity contribution < 1.29 is 31.1 Å². The summed E-state index contributed by atoms with van der Waals surface area (Å²) in [5.41, 5.74) is 0. The Labute approximate surface area is 191 Å². The van der Waals surface area contributed by atoms with Crippen molar-refractivity contribution >= 4 is 31.6 Å². The molecule has 0 saturated carbocycles. The SMILES string of the molecule is O=S(=O)(NCC[C@H]1CC[C@@H](NS(=O)(=O)c2ccccc2Cl)[C@H](CO)O1)c1ccc(F)cc1. The lowest BCUT2D eigenvalue weighted by molar-refractivity contribution is -0.0869. The number of sulfonamides is 2. The van der Waals surface area contributed by atoms with E-state index in [9.17, 15) is 26.3 Å². The zero-order chi connectivity index (χ0) is 23.4. The summed E-state index contributed by atoms with van der Waals surface area (Å²) in [5.74, 6) is -0.533. The summed E-state index contributed by atoms with van der Waals surface area (Å²) >= 11 is 5.99. The van der Waals surface area contributed by atoms with E-state index in [0.717, 1.165) is 12.1 Å². The number of hydrogen-bond acceptors (Lipinski definition) is 6. The van der Waals surface area contributed by atoms with Gasteiger partial charge in [-0.15, -0.1) is 0 Å². The molecule has 2 aromatic rings. The average molecular weight is 507 g/mol. The second-order valence-electron chi connectivity index (χ2n) is 7.36. The van der Waals surface area contributed by atoms with E-state index in [1.165, 1.54) is 24.3 Å². The predicted octanol–water partition coefficient (Wildman–Crippen LogP) is 2.03. The molecule has 176 valence electrons. The number of rotatable bonds is 9. The van der Waals surface area contributed by atoms with Crippen molar-refractivity contribution in [2.45, 2.75) is 47.3 Å². The summed E-state index contributed by atoms with van der Waals surface area (Å²) in [4.78, 5) is -0.110. The molecule has 0 aromatic heterocycles. The Morgan fingerprint density at radius 2 is 1.72 bits per heavy atom. The molecule has 3 N–H and O–H groups in total. The van der Waals surface area contributed by atoms with Gasteiger partial charge in [0.05, 0.1) is 34.8 Å². The highest BCUT2D eigenvalue weighted by Gasteiger charge is 2.34. The van der Waals surface area contributed by atoms with Gasteiger partial charge < -0.3 is 9.84 Å². The van der Waals surface area contributed by atoms with Crippen LogP contribution in [0.4, 0.5) is 4.39 Å². The van der Waals surface area contributed by atoms with E-state index in [0.29, 0.717) is 19.3 Å². The Kier molecular flexibility index (Phi) is 8.26. The summed E-state index contributed by atoms with van der Waals surface area (Å²) in [6.07, 6.45) is 0.0132. The van der Waals surface area contributed by atoms with Crippen LogP contribution in [0, 0.1) is 5.82 Å². The Balaban J connectivity index is 1.55. The highest BCUT2D eigenvalue weighted by Crippen LogP contribution is 2.25. The first kappa shape index (κ1) is 25.0. The third-order valence-electron chi connectivity index (χ3n) is 5.11. The maximum atomic E-state index is 13.0. The Hall–Kier alpha value is -1.60. The fourth-order valence-electron chi connectivity index (χ4n) is 3.46. The number of nitrogens with one attached hydrogen (secondary N) is 2. The molecule has 8 nitrogen and oxygen atoms in total. The molecule has 2 aromatic carbocycles. The smallest absolute Gasteiger partial charge is 0.242 e. The summed E-state index contributed by atoms with van der Waals surface area (Å²) in [5, 5.41) is 9.79. The zero-order valence-electron chi connectivity index (χ0n) is 16.9. The minimum Gasteiger partial charge on any atom is -0.394 e. The number of hydrogen-bond donors (Lipinski definition) is 3. The molecule has 0 spiro atoms. The summed E-state index contributed by atoms with van der Waals surface area (Å²) in [6, 6.07) is 9.86. The van der Waals surface area contributed by atoms with E-state index in [1.54, 1.807) is 12.1 Å². The second-order valence-corrected chi connectivity index (χ2v) is 11.2. The zero-order valence-corrected chi connectivity index (χ0v) is 19.3. The Morgan fingerprint density at radius 1 is 1.03 bits per heavy atom. The quantitative estimate of drug-likeness (QED) is 0.478. The van der Waals surface area contributed by atoms with Gasteiger partial charge in [-0.3, -0.25) is 0 Å². The van der Waals surface area contributed by atoms with Crippen LogP contribution < -0.4 is 9.44 Å². The lowest BCUT2D eigenvalue weighted by Gasteiger charge is -2.36. The van der Waals surface area contributed by atoms with Crippen molar-refractivity contribution in [3.63, 3.8) is 0 Å². The van der Waals surface area contributed by atoms with Crippen molar-refractivity contribution in [1.82, 2.24) is 9.44 Å². The topological polar surface area (TPSA) is 122 Å². The molecule has 0 amide bonds. The average Bonchev–Trinajstić information content (AvgIpc) is 2.75. The molecule has 3 atom stereocenters. The summed E-state index contributed by atoms with van der Waals surface area (Å²) in [7, 11) is -7.70. The van der Waals surface area contributed by atoms with Crippen molar-refractivity contribution in [2.24, 2.45) is 0 Å². The molecular formula is C20H24ClFN2O6S2. The van der Waals surface area contributed by atoms with Gasteiger partial charge in [-0.25, -0.2) is 30.7 Å². The Morgan fingerprint density at radius 3 is 2.38 bits per heavy atom. The van der Waals surface area contributed by atoms with Gasteiger partial charge in [-0.2, -0.15) is 0 Å². The highest BCUT2D eigenvalue weighted by atomic mass is 35.5. The normalized spacial score (nSPS) is 22.0. The van der Waals surface area contributed by atoms with E-state index in [4.69, 9.17) is 16.3 Å². The second kappa shape index (κ2) is 10.6. The van der Waals surface area contributed by atoms with Gasteiger partial charge in [-0.05, 0) is 55.7 Å². The van der Waals surface area contributed by atoms with E-state index >= 15 is 0 Å². The minimum absolute atomic E-state index is 0.0502. The molecule has 1 fully saturated rings. The van der Waals surface area contributed by atoms with Crippen LogP contribution in [0.1, 0.15) is 19.3 Å². The number of benzene rings is 2. The molecule has 0 bridgehead atoms. The molecule has 12 heteroatoms. The first-order valence-corrected chi connectivity index (χ1v) is 13.3. The van der Waals surface area contributed by atoms with Crippen molar-refractivity contribution in [1.29, 1.82) is 0 Å². The molecular weight excluding hydrogens is 483 g/mol. The molecule has 1 saturated heterocycles. The fourth-order valence-corrected chi connectivity index (χ4v) is 6.32. The van der Waals surface area contributed by atoms with Gasteiger partial charge in [0.2, 0.25) is 20.0 Å². The van der Waals surface area contributed by atoms with Gasteiger partial charge in [0, 0.05) is 6.54 Å². The standard InChI is InChI=1S/C20H24ClFN2O6S2/c21-17-3-1-2-4-20(17)32(28,29)24-18-10-7-15(30-19(18)13-25)11-12-23-31(26,27)16-8-5-14(22)6-9-16/h1-6,8-9,15,18-19,23-25H,7,10-13H2/t15-,18-,19+/m1/s1. The molecule has 0 unspecified atom stereocenters. The van der Waals surface area contributed by atoms with Crippen LogP contribution in [0.5, 0.6) is 0 Å². The largest absolute Gasteiger partial charge is 0.394 e. The number of halogens is 2. The molecule has 3 rings (SSSR count). The summed E-state index contributed by atoms with van der Waals surface area (Å²) in [6.45, 7) is -0.341. The van der Waals surface area contributed by atoms with Crippen LogP contribution in [0.2, 0.25) is 5.02 Å². The van der Waals surface area contributed by atoms with Gasteiger partial charge in [0.15, 0.2) is 0 Å². The maximum absolute atomic E-state index is 13.0. The maximum Gasteiger partial charge on any atom is 0.242 e. The first-order valence-electron chi connectivity index (χ1n) is 9.91. The molecule has 1 heterocycles. The lowest BCUT2D eigenvalue weighted by Crippen LogP contribution is -2.51. The van der Waals surface area contributed by atoms with E-state index in [2.05, 4.69) is 9.44 Å². The van der Waals surface area contributed by atoms with E-state index in [-0.39, 0.29) is 27.5 Å². The first-order chi connectivity index (χ1) is 15.1. The monoisotopic (exact) mass is 506 g/mol. The fraction of sp³-hybridized carbons (Fsp3) is 0.400. The highest BCUT2D eigenvalue weighted by molar-refractivity contribution is 7.89. The molecule has 0 aliphatic carbocycles. The van der Waals surface area contributed by atoms with Crippen molar-refractivity contribution in [2.75, 3.05) is 13.2 Å². The number of ether oxygens (including phenoxy) is 1. The van der Waals surface area contributed by atoms with Gasteiger partial charge in [0.25, 0.3) is 0 Å². The Bertz CT molecular complexity index is 1130. The summed E-state index contributed by atoms with van der Waals surface area (Å²) < 4.78 is 73.7. The minimum atomic E-state index is -3.91. The van der Waals surface area contributed by atoms with Crippen LogP contribution >= 0.6 is 11.6 Å². The van der Waals surface area contributed by atoms with Crippen molar-refractivity contribution in [3.05, 3.63) is 59.4 Å². The predicted molar refractivity (Wildman–Crippen MR) is 117 cm³/mol. The van der Waals surface area contributed by atoms with E-state index < -0.39 is 44.6 Å². The van der Waals surface area contributed by atoms with Crippen LogP contribution in [-0.2, 0) is 24.8 Å². The third kappa shape index (κ3) is 6.25. The molecule has 32 heavy (non-hydrogen) atoms. The van der Waals surface area contributed by atoms with E-state index in [1.807, 2.05) is 0 Å².